The van der Waals surface area contributed by atoms with E-state index in [2.05, 4.69) is 62.6 Å². The fourth-order valence-electron chi connectivity index (χ4n) is 3.12. The summed E-state index contributed by atoms with van der Waals surface area (Å²) in [4.78, 5) is 10.6. The molecular formula is C18H20N4. The maximum atomic E-state index is 4.60. The van der Waals surface area contributed by atoms with Crippen LogP contribution in [0.2, 0.25) is 0 Å². The number of imidazole rings is 1. The Morgan fingerprint density at radius 3 is 2.73 bits per heavy atom. The summed E-state index contributed by atoms with van der Waals surface area (Å²) in [6.45, 7) is 5.29. The lowest BCUT2D eigenvalue weighted by Gasteiger charge is -2.26. The molecule has 1 fully saturated rings. The summed E-state index contributed by atoms with van der Waals surface area (Å²) in [6.07, 6.45) is 1.97. The van der Waals surface area contributed by atoms with Crippen LogP contribution in [0, 0.1) is 0 Å². The van der Waals surface area contributed by atoms with Crippen molar-refractivity contribution in [2.75, 3.05) is 26.2 Å². The predicted octanol–water partition coefficient (Wildman–Crippen LogP) is 2.64. The molecule has 0 amide bonds. The summed E-state index contributed by atoms with van der Waals surface area (Å²) < 4.78 is 0. The Morgan fingerprint density at radius 2 is 1.82 bits per heavy atom. The van der Waals surface area contributed by atoms with Crippen molar-refractivity contribution >= 4 is 10.8 Å². The van der Waals surface area contributed by atoms with Crippen LogP contribution < -0.4 is 5.32 Å². The lowest BCUT2D eigenvalue weighted by atomic mass is 10.0. The molecule has 1 aromatic heterocycles. The van der Waals surface area contributed by atoms with Crippen molar-refractivity contribution in [1.29, 1.82) is 0 Å². The minimum absolute atomic E-state index is 0.944. The molecule has 4 rings (SSSR count). The molecule has 0 atom stereocenters. The molecule has 0 unspecified atom stereocenters. The van der Waals surface area contributed by atoms with Gasteiger partial charge in [0, 0.05) is 50.2 Å². The standard InChI is InChI=1S/C18H20N4/c1-2-6-16-14(4-1)5-3-7-17(16)18-20-12-15(21-18)13-22-10-8-19-9-11-22/h1-7,12,19H,8-11,13H2,(H,20,21). The molecule has 0 aliphatic carbocycles. The number of nitrogens with one attached hydrogen (secondary N) is 2. The third-order valence-corrected chi connectivity index (χ3v) is 4.28. The van der Waals surface area contributed by atoms with Crippen LogP contribution in [0.4, 0.5) is 0 Å². The fourth-order valence-corrected chi connectivity index (χ4v) is 3.12. The zero-order valence-electron chi connectivity index (χ0n) is 12.5. The highest BCUT2D eigenvalue weighted by molar-refractivity contribution is 5.95. The minimum Gasteiger partial charge on any atom is -0.341 e. The second kappa shape index (κ2) is 5.91. The van der Waals surface area contributed by atoms with Crippen molar-refractivity contribution in [2.24, 2.45) is 0 Å². The summed E-state index contributed by atoms with van der Waals surface area (Å²) in [5.74, 6) is 0.960. The first-order chi connectivity index (χ1) is 10.9. The zero-order valence-corrected chi connectivity index (χ0v) is 12.5. The molecule has 1 aliphatic heterocycles. The Hall–Kier alpha value is -2.17. The largest absolute Gasteiger partial charge is 0.341 e. The summed E-state index contributed by atoms with van der Waals surface area (Å²) in [5, 5.41) is 5.88. The molecule has 0 bridgehead atoms. The van der Waals surface area contributed by atoms with Crippen LogP contribution in [0.25, 0.3) is 22.2 Å². The second-order valence-electron chi connectivity index (χ2n) is 5.81. The van der Waals surface area contributed by atoms with E-state index in [1.165, 1.54) is 22.0 Å². The van der Waals surface area contributed by atoms with Gasteiger partial charge in [-0.15, -0.1) is 0 Å². The topological polar surface area (TPSA) is 44.0 Å². The maximum absolute atomic E-state index is 4.60. The molecule has 4 heteroatoms. The molecule has 1 saturated heterocycles. The molecule has 0 spiro atoms. The van der Waals surface area contributed by atoms with E-state index in [4.69, 9.17) is 0 Å². The predicted molar refractivity (Wildman–Crippen MR) is 89.7 cm³/mol. The third-order valence-electron chi connectivity index (χ3n) is 4.28. The van der Waals surface area contributed by atoms with E-state index in [1.54, 1.807) is 0 Å². The van der Waals surface area contributed by atoms with Gasteiger partial charge in [0.2, 0.25) is 0 Å². The smallest absolute Gasteiger partial charge is 0.138 e. The maximum Gasteiger partial charge on any atom is 0.138 e. The van der Waals surface area contributed by atoms with Crippen molar-refractivity contribution in [3.63, 3.8) is 0 Å². The summed E-state index contributed by atoms with van der Waals surface area (Å²) >= 11 is 0. The lowest BCUT2D eigenvalue weighted by molar-refractivity contribution is 0.231. The Balaban J connectivity index is 1.62. The highest BCUT2D eigenvalue weighted by Gasteiger charge is 2.12. The van der Waals surface area contributed by atoms with Crippen LogP contribution >= 0.6 is 0 Å². The van der Waals surface area contributed by atoms with Gasteiger partial charge in [-0.3, -0.25) is 4.90 Å². The van der Waals surface area contributed by atoms with E-state index < -0.39 is 0 Å². The summed E-state index contributed by atoms with van der Waals surface area (Å²) in [7, 11) is 0. The van der Waals surface area contributed by atoms with Gasteiger partial charge >= 0.3 is 0 Å². The summed E-state index contributed by atoms with van der Waals surface area (Å²) in [6, 6.07) is 14.8. The molecule has 4 nitrogen and oxygen atoms in total. The molecule has 1 aliphatic rings. The van der Waals surface area contributed by atoms with Gasteiger partial charge in [0.25, 0.3) is 0 Å². The molecule has 2 N–H and O–H groups in total. The van der Waals surface area contributed by atoms with Crippen molar-refractivity contribution in [3.05, 3.63) is 54.4 Å². The fraction of sp³-hybridized carbons (Fsp3) is 0.278. The lowest BCUT2D eigenvalue weighted by Crippen LogP contribution is -2.42. The molecule has 0 radical (unpaired) electrons. The first-order valence-electron chi connectivity index (χ1n) is 7.85. The molecule has 2 aromatic carbocycles. The first-order valence-corrected chi connectivity index (χ1v) is 7.85. The number of benzene rings is 2. The zero-order chi connectivity index (χ0) is 14.8. The second-order valence-corrected chi connectivity index (χ2v) is 5.81. The summed E-state index contributed by atoms with van der Waals surface area (Å²) in [5.41, 5.74) is 2.36. The van der Waals surface area contributed by atoms with Crippen molar-refractivity contribution in [3.8, 4) is 11.4 Å². The van der Waals surface area contributed by atoms with Gasteiger partial charge in [-0.1, -0.05) is 42.5 Å². The number of fused-ring (bicyclic) bond motifs is 1. The Bertz CT molecular complexity index is 766. The first kappa shape index (κ1) is 13.5. The Morgan fingerprint density at radius 1 is 1.00 bits per heavy atom. The minimum atomic E-state index is 0.944. The number of piperazine rings is 1. The van der Waals surface area contributed by atoms with E-state index in [9.17, 15) is 0 Å². The normalized spacial score (nSPS) is 16.2. The van der Waals surface area contributed by atoms with Gasteiger partial charge in [-0.2, -0.15) is 0 Å². The van der Waals surface area contributed by atoms with Crippen molar-refractivity contribution < 1.29 is 0 Å². The highest BCUT2D eigenvalue weighted by atomic mass is 15.2. The van der Waals surface area contributed by atoms with Crippen molar-refractivity contribution in [2.45, 2.75) is 6.54 Å². The molecule has 22 heavy (non-hydrogen) atoms. The van der Waals surface area contributed by atoms with Crippen LogP contribution in [0.3, 0.4) is 0 Å². The number of hydrogen-bond acceptors (Lipinski definition) is 3. The number of aromatic amines is 1. The molecular weight excluding hydrogens is 272 g/mol. The van der Waals surface area contributed by atoms with Gasteiger partial charge in [0.15, 0.2) is 0 Å². The van der Waals surface area contributed by atoms with E-state index in [0.717, 1.165) is 38.5 Å². The number of nitrogens with zero attached hydrogens (tertiary/aromatic N) is 2. The van der Waals surface area contributed by atoms with Gasteiger partial charge in [-0.25, -0.2) is 4.98 Å². The average Bonchev–Trinajstić information content (AvgIpc) is 3.03. The van der Waals surface area contributed by atoms with Crippen LogP contribution in [0.5, 0.6) is 0 Å². The number of aromatic nitrogens is 2. The SMILES string of the molecule is c1ccc2c(-c3ncc(CN4CCNCC4)[nH]3)cccc2c1. The number of H-pyrrole nitrogens is 1. The van der Waals surface area contributed by atoms with E-state index in [0.29, 0.717) is 0 Å². The van der Waals surface area contributed by atoms with E-state index in [1.807, 2.05) is 6.20 Å². The third kappa shape index (κ3) is 2.63. The quantitative estimate of drug-likeness (QED) is 0.780. The van der Waals surface area contributed by atoms with Crippen LogP contribution in [-0.2, 0) is 6.54 Å². The van der Waals surface area contributed by atoms with E-state index >= 15 is 0 Å². The molecule has 112 valence electrons. The highest BCUT2D eigenvalue weighted by Crippen LogP contribution is 2.26. The van der Waals surface area contributed by atoms with Gasteiger partial charge < -0.3 is 10.3 Å². The van der Waals surface area contributed by atoms with Crippen molar-refractivity contribution in [1.82, 2.24) is 20.2 Å². The Labute approximate surface area is 130 Å². The van der Waals surface area contributed by atoms with E-state index in [-0.39, 0.29) is 0 Å². The van der Waals surface area contributed by atoms with Crippen LogP contribution in [0.1, 0.15) is 5.69 Å². The van der Waals surface area contributed by atoms with Gasteiger partial charge in [-0.05, 0) is 10.8 Å². The Kier molecular flexibility index (Phi) is 3.62. The molecule has 3 aromatic rings. The van der Waals surface area contributed by atoms with Gasteiger partial charge in [0.05, 0.1) is 0 Å². The molecule has 0 saturated carbocycles. The number of rotatable bonds is 3. The monoisotopic (exact) mass is 292 g/mol. The van der Waals surface area contributed by atoms with Gasteiger partial charge in [0.1, 0.15) is 5.82 Å². The number of hydrogen-bond donors (Lipinski definition) is 2. The molecule has 2 heterocycles. The average molecular weight is 292 g/mol. The van der Waals surface area contributed by atoms with Crippen LogP contribution in [0.15, 0.2) is 48.7 Å². The van der Waals surface area contributed by atoms with Crippen LogP contribution in [-0.4, -0.2) is 41.0 Å².